The molecule has 0 saturated heterocycles. The van der Waals surface area contributed by atoms with Crippen molar-refractivity contribution in [2.75, 3.05) is 11.9 Å². The third kappa shape index (κ3) is 2.34. The van der Waals surface area contributed by atoms with E-state index in [1.165, 1.54) is 18.5 Å². The van der Waals surface area contributed by atoms with Gasteiger partial charge in [0.05, 0.1) is 11.8 Å². The van der Waals surface area contributed by atoms with Gasteiger partial charge >= 0.3 is 0 Å². The lowest BCUT2D eigenvalue weighted by molar-refractivity contribution is 0.199. The fourth-order valence-electron chi connectivity index (χ4n) is 1.73. The number of halogens is 1. The van der Waals surface area contributed by atoms with Crippen LogP contribution in [-0.2, 0) is 0 Å². The van der Waals surface area contributed by atoms with Gasteiger partial charge in [-0.05, 0) is 53.4 Å². The molecule has 1 fully saturated rings. The van der Waals surface area contributed by atoms with Crippen molar-refractivity contribution in [2.45, 2.75) is 31.9 Å². The average molecular weight is 270 g/mol. The molecule has 1 N–H and O–H groups in total. The van der Waals surface area contributed by atoms with Crippen molar-refractivity contribution in [2.24, 2.45) is 0 Å². The van der Waals surface area contributed by atoms with Gasteiger partial charge in [0.1, 0.15) is 0 Å². The van der Waals surface area contributed by atoms with Gasteiger partial charge in [0.2, 0.25) is 0 Å². The summed E-state index contributed by atoms with van der Waals surface area (Å²) in [7, 11) is 2.12. The Balaban J connectivity index is 2.25. The molecule has 0 spiro atoms. The molecule has 0 heterocycles. The molecule has 0 amide bonds. The SMILES string of the molecule is C[C@H](O)c1ccc(N(C)C2CC2)c(Br)c1. The Hall–Kier alpha value is -0.540. The van der Waals surface area contributed by atoms with Crippen LogP contribution in [0.4, 0.5) is 5.69 Å². The fourth-order valence-corrected chi connectivity index (χ4v) is 2.40. The van der Waals surface area contributed by atoms with Gasteiger partial charge in [-0.3, -0.25) is 0 Å². The molecule has 0 aromatic heterocycles. The maximum absolute atomic E-state index is 9.46. The zero-order chi connectivity index (χ0) is 11.0. The minimum absolute atomic E-state index is 0.401. The summed E-state index contributed by atoms with van der Waals surface area (Å²) in [6.07, 6.45) is 2.18. The first kappa shape index (κ1) is 11.0. The second-order valence-corrected chi connectivity index (χ2v) is 5.08. The highest BCUT2D eigenvalue weighted by Crippen LogP contribution is 2.35. The molecule has 1 aliphatic carbocycles. The Morgan fingerprint density at radius 2 is 2.13 bits per heavy atom. The Labute approximate surface area is 99.0 Å². The molecule has 1 atom stereocenters. The van der Waals surface area contributed by atoms with Gasteiger partial charge < -0.3 is 10.0 Å². The number of rotatable bonds is 3. The molecule has 1 aromatic carbocycles. The van der Waals surface area contributed by atoms with E-state index in [1.54, 1.807) is 6.92 Å². The van der Waals surface area contributed by atoms with E-state index in [2.05, 4.69) is 33.9 Å². The summed E-state index contributed by atoms with van der Waals surface area (Å²) < 4.78 is 1.07. The van der Waals surface area contributed by atoms with Crippen molar-refractivity contribution in [1.82, 2.24) is 0 Å². The highest BCUT2D eigenvalue weighted by atomic mass is 79.9. The van der Waals surface area contributed by atoms with Crippen LogP contribution in [0.3, 0.4) is 0 Å². The summed E-state index contributed by atoms with van der Waals surface area (Å²) in [4.78, 5) is 2.30. The predicted octanol–water partition coefficient (Wildman–Crippen LogP) is 3.10. The summed E-state index contributed by atoms with van der Waals surface area (Å²) >= 11 is 3.56. The van der Waals surface area contributed by atoms with Crippen molar-refractivity contribution in [3.05, 3.63) is 28.2 Å². The first-order valence-corrected chi connectivity index (χ1v) is 6.09. The van der Waals surface area contributed by atoms with Crippen molar-refractivity contribution < 1.29 is 5.11 Å². The number of nitrogens with zero attached hydrogens (tertiary/aromatic N) is 1. The summed E-state index contributed by atoms with van der Waals surface area (Å²) in [5, 5.41) is 9.46. The van der Waals surface area contributed by atoms with Crippen LogP contribution in [0.25, 0.3) is 0 Å². The van der Waals surface area contributed by atoms with Crippen LogP contribution in [0.15, 0.2) is 22.7 Å². The molecule has 0 aliphatic heterocycles. The van der Waals surface area contributed by atoms with Crippen LogP contribution in [0, 0.1) is 0 Å². The van der Waals surface area contributed by atoms with Crippen LogP contribution in [-0.4, -0.2) is 18.2 Å². The van der Waals surface area contributed by atoms with E-state index in [0.29, 0.717) is 6.04 Å². The maximum atomic E-state index is 9.46. The molecular formula is C12H16BrNO. The molecule has 0 bridgehead atoms. The van der Waals surface area contributed by atoms with E-state index in [1.807, 2.05) is 12.1 Å². The highest BCUT2D eigenvalue weighted by Gasteiger charge is 2.27. The fraction of sp³-hybridized carbons (Fsp3) is 0.500. The number of aliphatic hydroxyl groups is 1. The number of hydrogen-bond acceptors (Lipinski definition) is 2. The average Bonchev–Trinajstić information content (AvgIpc) is 2.99. The van der Waals surface area contributed by atoms with Crippen LogP contribution in [0.5, 0.6) is 0 Å². The smallest absolute Gasteiger partial charge is 0.0762 e. The Morgan fingerprint density at radius 1 is 1.47 bits per heavy atom. The second kappa shape index (κ2) is 4.14. The summed E-state index contributed by atoms with van der Waals surface area (Å²) in [6.45, 7) is 1.78. The minimum Gasteiger partial charge on any atom is -0.389 e. The van der Waals surface area contributed by atoms with E-state index in [4.69, 9.17) is 0 Å². The Kier molecular flexibility index (Phi) is 3.03. The van der Waals surface area contributed by atoms with Gasteiger partial charge in [-0.25, -0.2) is 0 Å². The molecular weight excluding hydrogens is 254 g/mol. The summed E-state index contributed by atoms with van der Waals surface area (Å²) in [6, 6.07) is 6.77. The van der Waals surface area contributed by atoms with Gasteiger partial charge in [0.25, 0.3) is 0 Å². The van der Waals surface area contributed by atoms with Crippen LogP contribution >= 0.6 is 15.9 Å². The van der Waals surface area contributed by atoms with Gasteiger partial charge in [-0.2, -0.15) is 0 Å². The third-order valence-electron chi connectivity index (χ3n) is 2.93. The zero-order valence-electron chi connectivity index (χ0n) is 9.07. The van der Waals surface area contributed by atoms with Crippen molar-refractivity contribution in [3.8, 4) is 0 Å². The molecule has 2 nitrogen and oxygen atoms in total. The molecule has 1 saturated carbocycles. The van der Waals surface area contributed by atoms with E-state index >= 15 is 0 Å². The van der Waals surface area contributed by atoms with Crippen molar-refractivity contribution >= 4 is 21.6 Å². The molecule has 2 rings (SSSR count). The minimum atomic E-state index is -0.401. The normalized spacial score (nSPS) is 17.6. The third-order valence-corrected chi connectivity index (χ3v) is 3.56. The molecule has 1 aromatic rings. The molecule has 82 valence electrons. The van der Waals surface area contributed by atoms with Crippen molar-refractivity contribution in [1.29, 1.82) is 0 Å². The van der Waals surface area contributed by atoms with Gasteiger partial charge in [-0.15, -0.1) is 0 Å². The number of aliphatic hydroxyl groups excluding tert-OH is 1. The number of hydrogen-bond donors (Lipinski definition) is 1. The van der Waals surface area contributed by atoms with Gasteiger partial charge in [0.15, 0.2) is 0 Å². The second-order valence-electron chi connectivity index (χ2n) is 4.23. The molecule has 3 heteroatoms. The molecule has 1 aliphatic rings. The molecule has 15 heavy (non-hydrogen) atoms. The van der Waals surface area contributed by atoms with Crippen molar-refractivity contribution in [3.63, 3.8) is 0 Å². The van der Waals surface area contributed by atoms with Gasteiger partial charge in [-0.1, -0.05) is 6.07 Å². The standard InChI is InChI=1S/C12H16BrNO/c1-8(15)9-3-6-12(11(13)7-9)14(2)10-4-5-10/h3,6-8,10,15H,4-5H2,1-2H3/t8-/m0/s1. The summed E-state index contributed by atoms with van der Waals surface area (Å²) in [5.41, 5.74) is 2.16. The Morgan fingerprint density at radius 3 is 2.60 bits per heavy atom. The van der Waals surface area contributed by atoms with Crippen LogP contribution in [0.2, 0.25) is 0 Å². The first-order valence-electron chi connectivity index (χ1n) is 5.30. The predicted molar refractivity (Wildman–Crippen MR) is 66.2 cm³/mol. The zero-order valence-corrected chi connectivity index (χ0v) is 10.7. The lowest BCUT2D eigenvalue weighted by atomic mass is 10.1. The highest BCUT2D eigenvalue weighted by molar-refractivity contribution is 9.10. The van der Waals surface area contributed by atoms with E-state index < -0.39 is 6.10 Å². The maximum Gasteiger partial charge on any atom is 0.0762 e. The van der Waals surface area contributed by atoms with E-state index in [0.717, 1.165) is 10.0 Å². The topological polar surface area (TPSA) is 23.5 Å². The van der Waals surface area contributed by atoms with Crippen LogP contribution < -0.4 is 4.90 Å². The van der Waals surface area contributed by atoms with Crippen LogP contribution in [0.1, 0.15) is 31.4 Å². The quantitative estimate of drug-likeness (QED) is 0.912. The monoisotopic (exact) mass is 269 g/mol. The van der Waals surface area contributed by atoms with E-state index in [9.17, 15) is 5.11 Å². The lowest BCUT2D eigenvalue weighted by Gasteiger charge is -2.21. The Bertz CT molecular complexity index is 361. The number of benzene rings is 1. The molecule has 0 radical (unpaired) electrons. The largest absolute Gasteiger partial charge is 0.389 e. The lowest BCUT2D eigenvalue weighted by Crippen LogP contribution is -2.19. The molecule has 0 unspecified atom stereocenters. The van der Waals surface area contributed by atoms with E-state index in [-0.39, 0.29) is 0 Å². The first-order chi connectivity index (χ1) is 7.09. The number of anilines is 1. The van der Waals surface area contributed by atoms with Gasteiger partial charge in [0, 0.05) is 17.6 Å². The summed E-state index contributed by atoms with van der Waals surface area (Å²) in [5.74, 6) is 0.